The van der Waals surface area contributed by atoms with Crippen molar-refractivity contribution in [1.29, 1.82) is 0 Å². The molecule has 0 saturated carbocycles. The van der Waals surface area contributed by atoms with Crippen LogP contribution in [-0.2, 0) is 0 Å². The monoisotopic (exact) mass is 330 g/mol. The minimum absolute atomic E-state index is 0.00569. The zero-order valence-corrected chi connectivity index (χ0v) is 12.6. The predicted octanol–water partition coefficient (Wildman–Crippen LogP) is 1.57. The summed E-state index contributed by atoms with van der Waals surface area (Å²) in [5.41, 5.74) is 0.578. The fourth-order valence-electron chi connectivity index (χ4n) is 2.40. The van der Waals surface area contributed by atoms with Gasteiger partial charge in [-0.2, -0.15) is 0 Å². The summed E-state index contributed by atoms with van der Waals surface area (Å²) in [5.74, 6) is 0.00569. The third-order valence-electron chi connectivity index (χ3n) is 3.61. The molecular formula is C13H19BrN2O3. The molecule has 0 radical (unpaired) electrons. The van der Waals surface area contributed by atoms with Gasteiger partial charge in [-0.3, -0.25) is 9.69 Å². The van der Waals surface area contributed by atoms with E-state index in [2.05, 4.69) is 27.8 Å². The van der Waals surface area contributed by atoms with Gasteiger partial charge in [-0.05, 0) is 22.4 Å². The molecule has 1 atom stereocenters. The molecule has 1 aliphatic rings. The molecule has 2 heterocycles. The molecule has 0 bridgehead atoms. The molecule has 6 heteroatoms. The number of rotatable bonds is 4. The Hall–Kier alpha value is -0.850. The van der Waals surface area contributed by atoms with E-state index in [-0.39, 0.29) is 18.6 Å². The van der Waals surface area contributed by atoms with Gasteiger partial charge in [0.05, 0.1) is 12.2 Å². The molecule has 1 aromatic heterocycles. The van der Waals surface area contributed by atoms with Gasteiger partial charge in [0, 0.05) is 38.3 Å². The molecule has 1 saturated heterocycles. The van der Waals surface area contributed by atoms with Gasteiger partial charge in [-0.1, -0.05) is 6.92 Å². The van der Waals surface area contributed by atoms with Crippen molar-refractivity contribution in [2.75, 3.05) is 32.8 Å². The van der Waals surface area contributed by atoms with Crippen molar-refractivity contribution in [3.05, 3.63) is 22.6 Å². The molecule has 1 aromatic rings. The van der Waals surface area contributed by atoms with Crippen molar-refractivity contribution in [3.8, 4) is 0 Å². The number of carbonyl (C=O) groups is 1. The summed E-state index contributed by atoms with van der Waals surface area (Å²) in [7, 11) is 0. The van der Waals surface area contributed by atoms with E-state index in [1.54, 1.807) is 6.07 Å². The predicted molar refractivity (Wildman–Crippen MR) is 75.0 cm³/mol. The molecule has 1 N–H and O–H groups in total. The van der Waals surface area contributed by atoms with Crippen LogP contribution in [0.25, 0.3) is 0 Å². The fraction of sp³-hybridized carbons (Fsp3) is 0.615. The Kier molecular flexibility index (Phi) is 5.01. The Labute approximate surface area is 121 Å². The minimum atomic E-state index is 0.00569. The van der Waals surface area contributed by atoms with E-state index >= 15 is 0 Å². The van der Waals surface area contributed by atoms with Gasteiger partial charge in [-0.25, -0.2) is 0 Å². The largest absolute Gasteiger partial charge is 0.457 e. The second-order valence-corrected chi connectivity index (χ2v) is 5.49. The molecule has 1 fully saturated rings. The van der Waals surface area contributed by atoms with Crippen LogP contribution in [0.1, 0.15) is 23.7 Å². The minimum Gasteiger partial charge on any atom is -0.457 e. The van der Waals surface area contributed by atoms with Crippen LogP contribution >= 0.6 is 15.9 Å². The van der Waals surface area contributed by atoms with Gasteiger partial charge >= 0.3 is 0 Å². The zero-order valence-electron chi connectivity index (χ0n) is 11.0. The van der Waals surface area contributed by atoms with Gasteiger partial charge in [0.1, 0.15) is 6.26 Å². The number of piperazine rings is 1. The molecule has 0 aliphatic carbocycles. The third kappa shape index (κ3) is 3.38. The maximum absolute atomic E-state index is 12.2. The average Bonchev–Trinajstić information content (AvgIpc) is 2.87. The topological polar surface area (TPSA) is 56.9 Å². The van der Waals surface area contributed by atoms with Gasteiger partial charge < -0.3 is 14.4 Å². The van der Waals surface area contributed by atoms with E-state index in [9.17, 15) is 9.90 Å². The van der Waals surface area contributed by atoms with Crippen LogP contribution < -0.4 is 0 Å². The summed E-state index contributed by atoms with van der Waals surface area (Å²) in [6, 6.07) is 1.90. The van der Waals surface area contributed by atoms with E-state index in [1.807, 2.05) is 4.90 Å². The van der Waals surface area contributed by atoms with Crippen molar-refractivity contribution < 1.29 is 14.3 Å². The number of halogens is 1. The molecule has 0 spiro atoms. The molecule has 5 nitrogen and oxygen atoms in total. The van der Waals surface area contributed by atoms with Gasteiger partial charge in [0.25, 0.3) is 5.91 Å². The van der Waals surface area contributed by atoms with Crippen LogP contribution in [0, 0.1) is 0 Å². The van der Waals surface area contributed by atoms with Gasteiger partial charge in [-0.15, -0.1) is 0 Å². The number of furan rings is 1. The van der Waals surface area contributed by atoms with Crippen molar-refractivity contribution >= 4 is 21.8 Å². The van der Waals surface area contributed by atoms with E-state index < -0.39 is 0 Å². The fourth-order valence-corrected chi connectivity index (χ4v) is 2.74. The van der Waals surface area contributed by atoms with Crippen molar-refractivity contribution in [2.45, 2.75) is 19.4 Å². The lowest BCUT2D eigenvalue weighted by Gasteiger charge is -2.38. The summed E-state index contributed by atoms with van der Waals surface area (Å²) >= 11 is 3.20. The van der Waals surface area contributed by atoms with E-state index in [4.69, 9.17) is 4.42 Å². The number of aliphatic hydroxyl groups is 1. The lowest BCUT2D eigenvalue weighted by atomic mass is 10.1. The van der Waals surface area contributed by atoms with Crippen molar-refractivity contribution in [1.82, 2.24) is 9.80 Å². The smallest absolute Gasteiger partial charge is 0.257 e. The summed E-state index contributed by atoms with van der Waals surface area (Å²) < 4.78 is 5.67. The molecule has 1 aliphatic heterocycles. The molecule has 2 rings (SSSR count). The molecule has 0 aromatic carbocycles. The van der Waals surface area contributed by atoms with E-state index in [1.165, 1.54) is 6.26 Å². The third-order valence-corrected chi connectivity index (χ3v) is 4.03. The maximum Gasteiger partial charge on any atom is 0.257 e. The Morgan fingerprint density at radius 1 is 1.47 bits per heavy atom. The van der Waals surface area contributed by atoms with Crippen LogP contribution in [0.4, 0.5) is 0 Å². The first-order valence-corrected chi connectivity index (χ1v) is 7.33. The van der Waals surface area contributed by atoms with Crippen molar-refractivity contribution in [2.24, 2.45) is 0 Å². The second-order valence-electron chi connectivity index (χ2n) is 4.71. The highest BCUT2D eigenvalue weighted by atomic mass is 79.9. The first kappa shape index (κ1) is 14.6. The number of amides is 1. The Bertz CT molecular complexity index is 423. The lowest BCUT2D eigenvalue weighted by molar-refractivity contribution is 0.0472. The highest BCUT2D eigenvalue weighted by Gasteiger charge is 2.26. The van der Waals surface area contributed by atoms with Crippen LogP contribution in [-0.4, -0.2) is 59.6 Å². The summed E-state index contributed by atoms with van der Waals surface area (Å²) in [6.45, 7) is 5.25. The van der Waals surface area contributed by atoms with Gasteiger partial charge in [0.15, 0.2) is 4.67 Å². The van der Waals surface area contributed by atoms with Crippen LogP contribution in [0.3, 0.4) is 0 Å². The number of nitrogens with zero attached hydrogens (tertiary/aromatic N) is 2. The normalized spacial score (nSPS) is 18.6. The number of hydrogen-bond acceptors (Lipinski definition) is 4. The summed E-state index contributed by atoms with van der Waals surface area (Å²) in [6.07, 6.45) is 2.40. The Balaban J connectivity index is 1.91. The van der Waals surface area contributed by atoms with Gasteiger partial charge in [0.2, 0.25) is 0 Å². The highest BCUT2D eigenvalue weighted by molar-refractivity contribution is 9.10. The Morgan fingerprint density at radius 2 is 2.16 bits per heavy atom. The number of aliphatic hydroxyl groups excluding tert-OH is 1. The number of hydrogen-bond donors (Lipinski definition) is 1. The van der Waals surface area contributed by atoms with E-state index in [0.29, 0.717) is 23.3 Å². The van der Waals surface area contributed by atoms with Crippen LogP contribution in [0.2, 0.25) is 0 Å². The summed E-state index contributed by atoms with van der Waals surface area (Å²) in [4.78, 5) is 16.3. The standard InChI is InChI=1S/C13H19BrN2O3/c1-2-11(8-17)15-3-5-16(6-4-15)13(18)10-7-12(14)19-9-10/h7,9,11,17H,2-6,8H2,1H3. The average molecular weight is 331 g/mol. The number of carbonyl (C=O) groups excluding carboxylic acids is 1. The SMILES string of the molecule is CCC(CO)N1CCN(C(=O)c2coc(Br)c2)CC1. The molecule has 106 valence electrons. The summed E-state index contributed by atoms with van der Waals surface area (Å²) in [5, 5.41) is 9.29. The Morgan fingerprint density at radius 3 is 2.63 bits per heavy atom. The second kappa shape index (κ2) is 6.54. The quantitative estimate of drug-likeness (QED) is 0.910. The van der Waals surface area contributed by atoms with Crippen LogP contribution in [0.5, 0.6) is 0 Å². The zero-order chi connectivity index (χ0) is 13.8. The maximum atomic E-state index is 12.2. The molecule has 19 heavy (non-hydrogen) atoms. The lowest BCUT2D eigenvalue weighted by Crippen LogP contribution is -2.52. The van der Waals surface area contributed by atoms with Crippen LogP contribution in [0.15, 0.2) is 21.4 Å². The van der Waals surface area contributed by atoms with E-state index in [0.717, 1.165) is 19.5 Å². The highest BCUT2D eigenvalue weighted by Crippen LogP contribution is 2.17. The first-order chi connectivity index (χ1) is 9.15. The first-order valence-electron chi connectivity index (χ1n) is 6.54. The molecule has 1 amide bonds. The molecular weight excluding hydrogens is 312 g/mol. The van der Waals surface area contributed by atoms with Crippen molar-refractivity contribution in [3.63, 3.8) is 0 Å². The molecule has 1 unspecified atom stereocenters.